The molecule has 0 aromatic rings. The average Bonchev–Trinajstić information content (AvgIpc) is 2.04. The molecule has 0 radical (unpaired) electrons. The van der Waals surface area contributed by atoms with E-state index in [2.05, 4.69) is 22.8 Å². The van der Waals surface area contributed by atoms with Gasteiger partial charge in [0.2, 0.25) is 0 Å². The van der Waals surface area contributed by atoms with Crippen LogP contribution in [0.5, 0.6) is 0 Å². The lowest BCUT2D eigenvalue weighted by Gasteiger charge is -2.27. The van der Waals surface area contributed by atoms with Crippen molar-refractivity contribution in [1.29, 1.82) is 0 Å². The smallest absolute Gasteiger partial charge is 0.0255 e. The Morgan fingerprint density at radius 1 is 1.00 bits per heavy atom. The Kier molecular flexibility index (Phi) is 2.90. The minimum atomic E-state index is 0.620. The highest BCUT2D eigenvalue weighted by Gasteiger charge is 2.17. The summed E-state index contributed by atoms with van der Waals surface area (Å²) < 4.78 is 0. The Morgan fingerprint density at radius 2 is 1.40 bits per heavy atom. The highest BCUT2D eigenvalue weighted by molar-refractivity contribution is 5.00. The molecule has 2 atom stereocenters. The summed E-state index contributed by atoms with van der Waals surface area (Å²) in [5, 5.41) is 6.58. The number of hydrogen-bond donors (Lipinski definition) is 2. The van der Waals surface area contributed by atoms with Crippen LogP contribution in [0.2, 0.25) is 0 Å². The Balaban J connectivity index is 2.45. The molecular weight excluding hydrogens is 124 g/mol. The molecule has 2 heteroatoms. The van der Waals surface area contributed by atoms with E-state index in [1.165, 1.54) is 0 Å². The van der Waals surface area contributed by atoms with Gasteiger partial charge in [-0.15, -0.1) is 0 Å². The fraction of sp³-hybridized carbons (Fsp3) is 0.750. The zero-order chi connectivity index (χ0) is 7.40. The lowest BCUT2D eigenvalue weighted by molar-refractivity contribution is 0.399. The van der Waals surface area contributed by atoms with Crippen molar-refractivity contribution in [3.8, 4) is 0 Å². The standard InChI is InChI=1S/C8H16N2/c1-9-7-5-3-4-6-8(7)10-2/h3-4,7-10H,5-6H2,1-2H3/t7-,8?/m1/s1. The minimum absolute atomic E-state index is 0.620. The van der Waals surface area contributed by atoms with E-state index in [1.807, 2.05) is 14.1 Å². The molecule has 1 rings (SSSR count). The zero-order valence-corrected chi connectivity index (χ0v) is 6.72. The lowest BCUT2D eigenvalue weighted by Crippen LogP contribution is -2.45. The summed E-state index contributed by atoms with van der Waals surface area (Å²) in [5.74, 6) is 0. The summed E-state index contributed by atoms with van der Waals surface area (Å²) in [6, 6.07) is 1.24. The van der Waals surface area contributed by atoms with Gasteiger partial charge in [0.05, 0.1) is 0 Å². The van der Waals surface area contributed by atoms with Gasteiger partial charge in [0.15, 0.2) is 0 Å². The van der Waals surface area contributed by atoms with Crippen LogP contribution >= 0.6 is 0 Å². The van der Waals surface area contributed by atoms with Crippen molar-refractivity contribution in [2.75, 3.05) is 14.1 Å². The second-order valence-corrected chi connectivity index (χ2v) is 2.73. The normalized spacial score (nSPS) is 32.6. The number of nitrogens with one attached hydrogen (secondary N) is 2. The summed E-state index contributed by atoms with van der Waals surface area (Å²) in [5.41, 5.74) is 0. The number of likely N-dealkylation sites (N-methyl/N-ethyl adjacent to an activating group) is 2. The third-order valence-corrected chi connectivity index (χ3v) is 2.17. The van der Waals surface area contributed by atoms with E-state index in [9.17, 15) is 0 Å². The van der Waals surface area contributed by atoms with Gasteiger partial charge in [0.1, 0.15) is 0 Å². The Hall–Kier alpha value is -0.340. The molecule has 2 nitrogen and oxygen atoms in total. The Bertz CT molecular complexity index is 106. The first-order valence-electron chi connectivity index (χ1n) is 3.88. The van der Waals surface area contributed by atoms with Crippen LogP contribution in [0.15, 0.2) is 12.2 Å². The molecule has 1 aliphatic rings. The fourth-order valence-corrected chi connectivity index (χ4v) is 1.45. The maximum atomic E-state index is 3.29. The first-order valence-corrected chi connectivity index (χ1v) is 3.88. The van der Waals surface area contributed by atoms with Crippen LogP contribution < -0.4 is 10.6 Å². The van der Waals surface area contributed by atoms with Crippen LogP contribution in [0, 0.1) is 0 Å². The zero-order valence-electron chi connectivity index (χ0n) is 6.72. The van der Waals surface area contributed by atoms with Gasteiger partial charge in [0.25, 0.3) is 0 Å². The van der Waals surface area contributed by atoms with E-state index in [4.69, 9.17) is 0 Å². The van der Waals surface area contributed by atoms with Gasteiger partial charge < -0.3 is 10.6 Å². The maximum Gasteiger partial charge on any atom is 0.0255 e. The maximum absolute atomic E-state index is 3.29. The molecular formula is C8H16N2. The van der Waals surface area contributed by atoms with Crippen LogP contribution in [0.25, 0.3) is 0 Å². The van der Waals surface area contributed by atoms with Crippen LogP contribution in [-0.2, 0) is 0 Å². The molecule has 0 amide bonds. The van der Waals surface area contributed by atoms with Crippen molar-refractivity contribution in [3.63, 3.8) is 0 Å². The summed E-state index contributed by atoms with van der Waals surface area (Å²) in [7, 11) is 4.04. The van der Waals surface area contributed by atoms with Crippen LogP contribution in [-0.4, -0.2) is 26.2 Å². The fourth-order valence-electron chi connectivity index (χ4n) is 1.45. The second kappa shape index (κ2) is 3.74. The molecule has 0 aromatic heterocycles. The molecule has 0 spiro atoms. The molecule has 0 saturated heterocycles. The molecule has 0 saturated carbocycles. The minimum Gasteiger partial charge on any atom is -0.315 e. The summed E-state index contributed by atoms with van der Waals surface area (Å²) in [6.07, 6.45) is 6.80. The SMILES string of the molecule is CNC1CC=CC[C@H]1NC. The summed E-state index contributed by atoms with van der Waals surface area (Å²) in [6.45, 7) is 0. The van der Waals surface area contributed by atoms with Gasteiger partial charge in [-0.3, -0.25) is 0 Å². The molecule has 10 heavy (non-hydrogen) atoms. The van der Waals surface area contributed by atoms with Crippen LogP contribution in [0.3, 0.4) is 0 Å². The summed E-state index contributed by atoms with van der Waals surface area (Å²) >= 11 is 0. The Morgan fingerprint density at radius 3 is 1.70 bits per heavy atom. The molecule has 0 fully saturated rings. The molecule has 0 bridgehead atoms. The molecule has 0 aliphatic heterocycles. The van der Waals surface area contributed by atoms with Gasteiger partial charge in [-0.05, 0) is 26.9 Å². The van der Waals surface area contributed by atoms with E-state index in [1.54, 1.807) is 0 Å². The van der Waals surface area contributed by atoms with E-state index < -0.39 is 0 Å². The largest absolute Gasteiger partial charge is 0.315 e. The van der Waals surface area contributed by atoms with Gasteiger partial charge in [0, 0.05) is 12.1 Å². The highest BCUT2D eigenvalue weighted by Crippen LogP contribution is 2.10. The molecule has 1 aliphatic carbocycles. The average molecular weight is 140 g/mol. The lowest BCUT2D eigenvalue weighted by atomic mass is 9.96. The third kappa shape index (κ3) is 1.58. The van der Waals surface area contributed by atoms with Crippen molar-refractivity contribution < 1.29 is 0 Å². The van der Waals surface area contributed by atoms with Gasteiger partial charge >= 0.3 is 0 Å². The molecule has 2 N–H and O–H groups in total. The molecule has 0 aromatic carbocycles. The van der Waals surface area contributed by atoms with Crippen LogP contribution in [0.4, 0.5) is 0 Å². The Labute approximate surface area is 62.7 Å². The van der Waals surface area contributed by atoms with Crippen molar-refractivity contribution in [1.82, 2.24) is 10.6 Å². The predicted octanol–water partition coefficient (Wildman–Crippen LogP) is 0.512. The van der Waals surface area contributed by atoms with E-state index in [0.717, 1.165) is 12.8 Å². The summed E-state index contributed by atoms with van der Waals surface area (Å²) in [4.78, 5) is 0. The van der Waals surface area contributed by atoms with Gasteiger partial charge in [-0.25, -0.2) is 0 Å². The van der Waals surface area contributed by atoms with E-state index >= 15 is 0 Å². The first-order chi connectivity index (χ1) is 4.88. The molecule has 58 valence electrons. The van der Waals surface area contributed by atoms with Gasteiger partial charge in [-0.2, -0.15) is 0 Å². The van der Waals surface area contributed by atoms with Crippen molar-refractivity contribution in [3.05, 3.63) is 12.2 Å². The van der Waals surface area contributed by atoms with Crippen molar-refractivity contribution in [2.45, 2.75) is 24.9 Å². The van der Waals surface area contributed by atoms with Gasteiger partial charge in [-0.1, -0.05) is 12.2 Å². The van der Waals surface area contributed by atoms with E-state index in [0.29, 0.717) is 12.1 Å². The van der Waals surface area contributed by atoms with Crippen LogP contribution in [0.1, 0.15) is 12.8 Å². The van der Waals surface area contributed by atoms with Crippen molar-refractivity contribution in [2.24, 2.45) is 0 Å². The topological polar surface area (TPSA) is 24.1 Å². The van der Waals surface area contributed by atoms with Crippen molar-refractivity contribution >= 4 is 0 Å². The quantitative estimate of drug-likeness (QED) is 0.546. The number of rotatable bonds is 2. The second-order valence-electron chi connectivity index (χ2n) is 2.73. The number of hydrogen-bond acceptors (Lipinski definition) is 2. The van der Waals surface area contributed by atoms with E-state index in [-0.39, 0.29) is 0 Å². The molecule has 0 heterocycles. The predicted molar refractivity (Wildman–Crippen MR) is 44.1 cm³/mol. The third-order valence-electron chi connectivity index (χ3n) is 2.17. The molecule has 1 unspecified atom stereocenters. The monoisotopic (exact) mass is 140 g/mol. The first kappa shape index (κ1) is 7.76. The highest BCUT2D eigenvalue weighted by atomic mass is 15.0.